The summed E-state index contributed by atoms with van der Waals surface area (Å²) in [6.07, 6.45) is 3.28. The highest BCUT2D eigenvalue weighted by Crippen LogP contribution is 2.55. The minimum absolute atomic E-state index is 0.0456. The maximum Gasteiger partial charge on any atom is 0.292 e. The molecule has 1 saturated heterocycles. The average molecular weight is 316 g/mol. The lowest BCUT2D eigenvalue weighted by Crippen LogP contribution is -2.37. The van der Waals surface area contributed by atoms with Crippen molar-refractivity contribution in [2.24, 2.45) is 5.41 Å². The van der Waals surface area contributed by atoms with Crippen LogP contribution in [-0.4, -0.2) is 29.1 Å². The zero-order chi connectivity index (χ0) is 16.0. The molecule has 2 aliphatic rings. The molecular weight excluding hydrogens is 299 g/mol. The van der Waals surface area contributed by atoms with E-state index in [0.717, 1.165) is 24.8 Å². The third-order valence-corrected chi connectivity index (χ3v) is 5.29. The normalized spacial score (nSPS) is 22.3. The molecule has 0 unspecified atom stereocenters. The monoisotopic (exact) mass is 316 g/mol. The molecule has 1 aliphatic heterocycles. The van der Waals surface area contributed by atoms with Crippen molar-refractivity contribution in [2.75, 3.05) is 13.1 Å². The topological polar surface area (TPSA) is 66.3 Å². The molecule has 23 heavy (non-hydrogen) atoms. The lowest BCUT2D eigenvalue weighted by atomic mass is 9.61. The van der Waals surface area contributed by atoms with E-state index in [9.17, 15) is 14.0 Å². The van der Waals surface area contributed by atoms with Gasteiger partial charge < -0.3 is 9.42 Å². The van der Waals surface area contributed by atoms with Crippen LogP contribution in [0.15, 0.2) is 39.6 Å². The number of rotatable bonds is 2. The third kappa shape index (κ3) is 2.29. The summed E-state index contributed by atoms with van der Waals surface area (Å²) in [5.74, 6) is -0.272. The number of nitrogens with one attached hydrogen (secondary N) is 1. The molecule has 1 spiro atoms. The molecule has 5 nitrogen and oxygen atoms in total. The summed E-state index contributed by atoms with van der Waals surface area (Å²) in [5, 5.41) is 2.15. The Bertz CT molecular complexity index is 789. The summed E-state index contributed by atoms with van der Waals surface area (Å²) >= 11 is 0. The number of hydrogen-bond donors (Lipinski definition) is 1. The fourth-order valence-corrected chi connectivity index (χ4v) is 3.96. The van der Waals surface area contributed by atoms with Gasteiger partial charge in [-0.1, -0.05) is 18.6 Å². The summed E-state index contributed by atoms with van der Waals surface area (Å²) in [5.41, 5.74) is 0.724. The highest BCUT2D eigenvalue weighted by molar-refractivity contribution is 5.91. The smallest absolute Gasteiger partial charge is 0.292 e. The van der Waals surface area contributed by atoms with E-state index < -0.39 is 5.56 Å². The molecule has 1 aromatic carbocycles. The predicted octanol–water partition coefficient (Wildman–Crippen LogP) is 2.52. The SMILES string of the molecule is O=C(c1cc(=O)[nH]o1)N1C[C@@H](c2ccc(F)cc2)C2(CCC2)C1. The van der Waals surface area contributed by atoms with Gasteiger partial charge in [-0.15, -0.1) is 0 Å². The van der Waals surface area contributed by atoms with E-state index in [-0.39, 0.29) is 28.8 Å². The van der Waals surface area contributed by atoms with Crippen LogP contribution in [0.5, 0.6) is 0 Å². The van der Waals surface area contributed by atoms with Crippen molar-refractivity contribution < 1.29 is 13.7 Å². The summed E-state index contributed by atoms with van der Waals surface area (Å²) < 4.78 is 18.1. The van der Waals surface area contributed by atoms with E-state index in [4.69, 9.17) is 4.52 Å². The minimum Gasteiger partial charge on any atom is -0.373 e. The minimum atomic E-state index is -0.416. The van der Waals surface area contributed by atoms with Gasteiger partial charge in [-0.2, -0.15) is 5.16 Å². The zero-order valence-electron chi connectivity index (χ0n) is 12.5. The molecule has 120 valence electrons. The molecule has 1 atom stereocenters. The second kappa shape index (κ2) is 5.08. The van der Waals surface area contributed by atoms with E-state index in [2.05, 4.69) is 5.16 Å². The summed E-state index contributed by atoms with van der Waals surface area (Å²) in [6, 6.07) is 7.74. The highest BCUT2D eigenvalue weighted by Gasteiger charge is 2.52. The molecule has 1 saturated carbocycles. The van der Waals surface area contributed by atoms with Crippen molar-refractivity contribution in [2.45, 2.75) is 25.2 Å². The van der Waals surface area contributed by atoms with Crippen molar-refractivity contribution in [3.05, 3.63) is 57.8 Å². The van der Waals surface area contributed by atoms with E-state index in [1.807, 2.05) is 12.1 Å². The number of hydrogen-bond acceptors (Lipinski definition) is 3. The highest BCUT2D eigenvalue weighted by atomic mass is 19.1. The molecular formula is C17H17FN2O3. The first-order valence-corrected chi connectivity index (χ1v) is 7.81. The number of H-pyrrole nitrogens is 1. The second-order valence-corrected chi connectivity index (χ2v) is 6.58. The summed E-state index contributed by atoms with van der Waals surface area (Å²) in [4.78, 5) is 25.4. The second-order valence-electron chi connectivity index (χ2n) is 6.58. The molecule has 1 amide bonds. The van der Waals surface area contributed by atoms with Crippen molar-refractivity contribution in [3.8, 4) is 0 Å². The van der Waals surface area contributed by atoms with Crippen LogP contribution in [0.4, 0.5) is 4.39 Å². The van der Waals surface area contributed by atoms with E-state index >= 15 is 0 Å². The summed E-state index contributed by atoms with van der Waals surface area (Å²) in [7, 11) is 0. The Balaban J connectivity index is 1.62. The van der Waals surface area contributed by atoms with E-state index in [1.54, 1.807) is 4.90 Å². The van der Waals surface area contributed by atoms with Gasteiger partial charge in [-0.25, -0.2) is 4.39 Å². The van der Waals surface area contributed by atoms with Gasteiger partial charge in [0.1, 0.15) is 5.82 Å². The molecule has 1 N–H and O–H groups in total. The van der Waals surface area contributed by atoms with Crippen LogP contribution in [0.25, 0.3) is 0 Å². The van der Waals surface area contributed by atoms with Gasteiger partial charge in [-0.3, -0.25) is 9.59 Å². The van der Waals surface area contributed by atoms with E-state index in [1.165, 1.54) is 18.2 Å². The van der Waals surface area contributed by atoms with Crippen LogP contribution in [0.3, 0.4) is 0 Å². The molecule has 4 rings (SSSR count). The van der Waals surface area contributed by atoms with Crippen LogP contribution >= 0.6 is 0 Å². The zero-order valence-corrected chi connectivity index (χ0v) is 12.5. The average Bonchev–Trinajstić information content (AvgIpc) is 3.11. The molecule has 2 aromatic rings. The number of likely N-dealkylation sites (tertiary alicyclic amines) is 1. The van der Waals surface area contributed by atoms with Gasteiger partial charge in [0.15, 0.2) is 0 Å². The fraction of sp³-hybridized carbons (Fsp3) is 0.412. The number of halogens is 1. The number of carbonyl (C=O) groups excluding carboxylic acids is 1. The van der Waals surface area contributed by atoms with Gasteiger partial charge in [0, 0.05) is 19.0 Å². The lowest BCUT2D eigenvalue weighted by molar-refractivity contribution is 0.0686. The third-order valence-electron chi connectivity index (χ3n) is 5.29. The van der Waals surface area contributed by atoms with Gasteiger partial charge in [0.05, 0.1) is 6.07 Å². The first-order valence-electron chi connectivity index (χ1n) is 7.81. The van der Waals surface area contributed by atoms with Crippen LogP contribution in [0.1, 0.15) is 41.3 Å². The van der Waals surface area contributed by atoms with Gasteiger partial charge in [0.2, 0.25) is 5.76 Å². The predicted molar refractivity (Wildman–Crippen MR) is 80.7 cm³/mol. The Morgan fingerprint density at radius 2 is 2.04 bits per heavy atom. The van der Waals surface area contributed by atoms with Crippen molar-refractivity contribution in [1.29, 1.82) is 0 Å². The molecule has 0 radical (unpaired) electrons. The molecule has 6 heteroatoms. The molecule has 1 aromatic heterocycles. The maximum atomic E-state index is 13.2. The summed E-state index contributed by atoms with van der Waals surface area (Å²) in [6.45, 7) is 1.22. The van der Waals surface area contributed by atoms with Gasteiger partial charge >= 0.3 is 0 Å². The van der Waals surface area contributed by atoms with Crippen LogP contribution in [0, 0.1) is 11.2 Å². The van der Waals surface area contributed by atoms with E-state index in [0.29, 0.717) is 13.1 Å². The Labute approximate surface area is 132 Å². The Morgan fingerprint density at radius 3 is 2.61 bits per heavy atom. The molecule has 2 fully saturated rings. The first kappa shape index (κ1) is 14.2. The van der Waals surface area contributed by atoms with Gasteiger partial charge in [-0.05, 0) is 36.0 Å². The van der Waals surface area contributed by atoms with Crippen LogP contribution < -0.4 is 5.56 Å². The van der Waals surface area contributed by atoms with Crippen molar-refractivity contribution in [1.82, 2.24) is 10.1 Å². The van der Waals surface area contributed by atoms with Crippen LogP contribution in [0.2, 0.25) is 0 Å². The number of nitrogens with zero attached hydrogens (tertiary/aromatic N) is 1. The quantitative estimate of drug-likeness (QED) is 0.926. The van der Waals surface area contributed by atoms with Gasteiger partial charge in [0.25, 0.3) is 11.5 Å². The Hall–Kier alpha value is -2.37. The van der Waals surface area contributed by atoms with Crippen LogP contribution in [-0.2, 0) is 0 Å². The number of amides is 1. The Morgan fingerprint density at radius 1 is 1.30 bits per heavy atom. The van der Waals surface area contributed by atoms with Crippen molar-refractivity contribution in [3.63, 3.8) is 0 Å². The number of benzene rings is 1. The molecule has 1 aliphatic carbocycles. The largest absolute Gasteiger partial charge is 0.373 e. The number of aromatic amines is 1. The van der Waals surface area contributed by atoms with Crippen molar-refractivity contribution >= 4 is 5.91 Å². The number of carbonyl (C=O) groups is 1. The maximum absolute atomic E-state index is 13.2. The molecule has 2 heterocycles. The fourth-order valence-electron chi connectivity index (χ4n) is 3.96. The standard InChI is InChI=1S/C17H17FN2O3/c18-12-4-2-11(3-5-12)13-9-20(10-17(13)6-1-7-17)16(22)14-8-15(21)19-23-14/h2-5,8,13H,1,6-7,9-10H2,(H,19,21)/t13-/m0/s1. The lowest BCUT2D eigenvalue weighted by Gasteiger charge is -2.43. The number of aromatic nitrogens is 1. The first-order chi connectivity index (χ1) is 11.1. The Kier molecular flexibility index (Phi) is 3.14. The molecule has 0 bridgehead atoms.